The molecule has 0 aliphatic heterocycles. The van der Waals surface area contributed by atoms with E-state index in [4.69, 9.17) is 141 Å². The van der Waals surface area contributed by atoms with Gasteiger partial charge in [0.25, 0.3) is 0 Å². The second kappa shape index (κ2) is 30800. The Morgan fingerprint density at radius 3 is 0.219 bits per heavy atom. The number of carbonyl (C=O) groups excluding carboxylic acids is 14. The molecular formula is C58H194O38. The molecule has 0 saturated heterocycles. The summed E-state index contributed by atoms with van der Waals surface area (Å²) in [5.74, 6) is 5.36. The SMILES string of the molecule is C.C.C.C.C.C.C.C.C.C.C.C.C.C.C.C.C.C.C.C.C.C.C.C.C.C.C.C.C.C.C.CC#CC.CCO.CCO.CCO.CO.CO.CO.CO.O.O.O.O.O.O.O.O.O.O=C=O.O=C=O.O=C=O.O=C=O.O=C=O.O=C=O.O=C=O.O=O.[C-]#[O+].[C-]#[O+].[C-]#[O+].[C-]#[O+].[C-]#[O+].[C-]#[O+].[HH].[HH].[HH].[HH].[HH].[HH]. The van der Waals surface area contributed by atoms with E-state index in [1.54, 1.807) is 20.8 Å². The molecule has 0 aliphatic carbocycles. The van der Waals surface area contributed by atoms with Crippen LogP contribution in [0.4, 0.5) is 0 Å². The zero-order valence-electron chi connectivity index (χ0n) is 35.2. The Bertz CT molecular complexity index is 742. The molecule has 0 aliphatic rings. The van der Waals surface area contributed by atoms with Gasteiger partial charge in [0.1, 0.15) is 0 Å². The van der Waals surface area contributed by atoms with Gasteiger partial charge in [-0.15, -0.1) is 11.8 Å². The molecule has 0 fully saturated rings. The molecule has 0 spiro atoms. The van der Waals surface area contributed by atoms with Crippen LogP contribution in [-0.2, 0) is 95.0 Å². The van der Waals surface area contributed by atoms with Gasteiger partial charge in [0, 0.05) is 66.7 Å². The molecule has 25 N–H and O–H groups in total. The summed E-state index contributed by atoms with van der Waals surface area (Å²) in [6.45, 7) is 36.4. The summed E-state index contributed by atoms with van der Waals surface area (Å²) in [6, 6.07) is 0. The number of aliphatic hydroxyl groups excluding tert-OH is 7. The summed E-state index contributed by atoms with van der Waals surface area (Å²) in [6.07, 6.45) is 1.75. The summed E-state index contributed by atoms with van der Waals surface area (Å²) >= 11 is 0. The maximum absolute atomic E-state index is 8.12. The molecular weight excluding hydrogens is 1300 g/mol. The van der Waals surface area contributed by atoms with E-state index >= 15 is 0 Å². The minimum Gasteiger partial charge on any atom is 0 e. The van der Waals surface area contributed by atoms with E-state index in [-0.39, 0.29) is 351 Å². The predicted octanol–water partition coefficient (Wildman–Crippen LogP) is 8.99. The molecule has 0 aromatic heterocycles. The fourth-order valence-electron chi connectivity index (χ4n) is 0. The predicted molar refractivity (Wildman–Crippen MR) is 409 cm³/mol. The standard InChI is InChI=1S/C4H6.3C2H6O.7CO2.4CH4O.6CO.31CH4.O2.9H2O.6H2/c1-3-4-2;3*1-2-3;7*2-1-3;10*1-2;;;;;;;;;;;;;;;;;;;;;;;;;;;;;;;;1-2;;;;;;;;;;;;;;;/h1-2H3;3*3H,2H2,1H3;;;;;;;;4*2H,1H3;;;;;;;31*1H4;;9*1H2;6*1H. The van der Waals surface area contributed by atoms with Gasteiger partial charge in [-0.1, -0.05) is 230 Å². The summed E-state index contributed by atoms with van der Waals surface area (Å²) in [7, 11) is 4.00. The molecule has 0 amide bonds. The molecule has 0 aromatic rings. The van der Waals surface area contributed by atoms with Gasteiger partial charge in [-0.05, 0) is 34.6 Å². The number of hydrogen-bond donors (Lipinski definition) is 7. The summed E-state index contributed by atoms with van der Waals surface area (Å²) in [5.41, 5.74) is 0. The first-order chi connectivity index (χ1) is 27.1. The van der Waals surface area contributed by atoms with Crippen LogP contribution in [0.2, 0.25) is 0 Å². The van der Waals surface area contributed by atoms with Crippen molar-refractivity contribution in [2.45, 2.75) is 265 Å². The minimum atomic E-state index is 0. The van der Waals surface area contributed by atoms with Gasteiger partial charge in [-0.3, -0.25) is 0 Å². The Labute approximate surface area is 605 Å². The number of aliphatic hydroxyl groups is 7. The number of hydrogen-bond acceptors (Lipinski definition) is 23. The average Bonchev–Trinajstić information content (AvgIpc) is 3.26. The summed E-state index contributed by atoms with van der Waals surface area (Å²) in [5, 5.41) is 50.7. The van der Waals surface area contributed by atoms with Crippen LogP contribution < -0.4 is 0 Å². The van der Waals surface area contributed by atoms with Crippen LogP contribution in [0.3, 0.4) is 0 Å². The molecule has 0 unspecified atom stereocenters. The molecule has 96 heavy (non-hydrogen) atoms. The summed E-state index contributed by atoms with van der Waals surface area (Å²) < 4.78 is 45.0. The fraction of sp³-hybridized carbons (Fsp3) is 0.741. The van der Waals surface area contributed by atoms with Gasteiger partial charge in [0.2, 0.25) is 0 Å². The maximum atomic E-state index is 8.12. The van der Waals surface area contributed by atoms with Crippen molar-refractivity contribution in [3.63, 3.8) is 0 Å². The van der Waals surface area contributed by atoms with Crippen LogP contribution in [0.15, 0.2) is 0 Å². The zero-order valence-corrected chi connectivity index (χ0v) is 35.2. The summed E-state index contributed by atoms with van der Waals surface area (Å²) in [4.78, 5) is 128. The largest absolute Gasteiger partial charge is 0 e. The Hall–Kier alpha value is -7.38. The van der Waals surface area contributed by atoms with Crippen molar-refractivity contribution in [3.05, 3.63) is 49.8 Å². The van der Waals surface area contributed by atoms with E-state index < -0.39 is 0 Å². The second-order valence-electron chi connectivity index (χ2n) is 2.03. The first-order valence-electron chi connectivity index (χ1n) is 10.4. The van der Waals surface area contributed by atoms with E-state index in [9.17, 15) is 0 Å². The van der Waals surface area contributed by atoms with Gasteiger partial charge < -0.3 is 85.0 Å². The van der Waals surface area contributed by atoms with Crippen molar-refractivity contribution < 1.29 is 189 Å². The van der Waals surface area contributed by atoms with Crippen LogP contribution in [0.25, 0.3) is 0 Å². The van der Waals surface area contributed by atoms with E-state index in [2.05, 4.69) is 51.7 Å². The van der Waals surface area contributed by atoms with Crippen LogP contribution in [0.1, 0.15) is 273 Å². The molecule has 654 valence electrons. The minimum absolute atomic E-state index is 0. The zero-order chi connectivity index (χ0) is 52.5. The monoisotopic (exact) mass is 1500 g/mol. The normalized spacial score (nSPS) is 1.71. The third-order valence-corrected chi connectivity index (χ3v) is 0.250. The molecule has 0 aromatic carbocycles. The fourth-order valence-corrected chi connectivity index (χ4v) is 0. The molecule has 0 saturated carbocycles. The van der Waals surface area contributed by atoms with Crippen molar-refractivity contribution >= 4 is 43.1 Å². The van der Waals surface area contributed by atoms with Crippen LogP contribution in [0, 0.1) is 61.7 Å². The van der Waals surface area contributed by atoms with Crippen molar-refractivity contribution in [1.29, 1.82) is 0 Å². The topological polar surface area (TPSA) is 818 Å². The van der Waals surface area contributed by atoms with Gasteiger partial charge in [-0.25, -0.2) is 0 Å². The molecule has 0 heterocycles. The first kappa shape index (κ1) is 960. The molecule has 38 heteroatoms. The Balaban J connectivity index is -0.00000000177. The van der Waals surface area contributed by atoms with E-state index in [1.165, 1.54) is 0 Å². The number of rotatable bonds is 0. The third-order valence-electron chi connectivity index (χ3n) is 0.250. The molecule has 0 radical (unpaired) electrons. The third kappa shape index (κ3) is 15600. The van der Waals surface area contributed by atoms with E-state index in [0.717, 1.165) is 28.4 Å². The van der Waals surface area contributed by atoms with Gasteiger partial charge in [-0.2, -0.15) is 67.1 Å². The van der Waals surface area contributed by atoms with E-state index in [0.29, 0.717) is 0 Å². The van der Waals surface area contributed by atoms with Crippen molar-refractivity contribution in [2.75, 3.05) is 48.3 Å². The van der Waals surface area contributed by atoms with Crippen molar-refractivity contribution in [1.82, 2.24) is 0 Å². The Morgan fingerprint density at radius 1 is 0.208 bits per heavy atom. The average molecular weight is 1500 g/mol. The van der Waals surface area contributed by atoms with Gasteiger partial charge in [0.15, 0.2) is 0 Å². The van der Waals surface area contributed by atoms with Gasteiger partial charge >= 0.3 is 111 Å². The maximum Gasteiger partial charge on any atom is 0 e. The van der Waals surface area contributed by atoms with Gasteiger partial charge in [0.05, 0.1) is 0 Å². The van der Waals surface area contributed by atoms with Crippen molar-refractivity contribution in [2.24, 2.45) is 0 Å². The molecule has 38 nitrogen and oxygen atoms in total. The van der Waals surface area contributed by atoms with E-state index in [1.807, 2.05) is 13.8 Å². The quantitative estimate of drug-likeness (QED) is 0.0675. The van der Waals surface area contributed by atoms with Crippen LogP contribution in [0.5, 0.6) is 0 Å². The Kier molecular flexibility index (Phi) is 308000. The molecule has 0 rings (SSSR count). The van der Waals surface area contributed by atoms with Crippen LogP contribution in [-0.4, -0.2) is 176 Å². The Morgan fingerprint density at radius 2 is 0.219 bits per heavy atom. The van der Waals surface area contributed by atoms with Crippen LogP contribution >= 0.6 is 0 Å². The smallest absolute Gasteiger partial charge is 0 e. The molecule has 0 bridgehead atoms. The molecule has 0 atom stereocenters. The second-order valence-corrected chi connectivity index (χ2v) is 2.03. The first-order valence-corrected chi connectivity index (χ1v) is 10.4. The van der Waals surface area contributed by atoms with Crippen molar-refractivity contribution in [3.8, 4) is 11.8 Å².